The van der Waals surface area contributed by atoms with Crippen molar-refractivity contribution in [3.05, 3.63) is 59.2 Å². The zero-order valence-corrected chi connectivity index (χ0v) is 17.2. The molecule has 0 aliphatic carbocycles. The number of amides is 1. The number of ketones is 1. The molecular weight excluding hydrogens is 354 g/mol. The third-order valence-electron chi connectivity index (χ3n) is 4.66. The van der Waals surface area contributed by atoms with Gasteiger partial charge in [0.2, 0.25) is 0 Å². The van der Waals surface area contributed by atoms with Crippen LogP contribution in [0.2, 0.25) is 0 Å². The third kappa shape index (κ3) is 5.59. The van der Waals surface area contributed by atoms with E-state index in [9.17, 15) is 9.59 Å². The van der Waals surface area contributed by atoms with Gasteiger partial charge in [0.05, 0.1) is 13.2 Å². The van der Waals surface area contributed by atoms with E-state index in [0.717, 1.165) is 12.0 Å². The van der Waals surface area contributed by atoms with Crippen LogP contribution in [0.1, 0.15) is 55.2 Å². The normalized spacial score (nSPS) is 11.8. The van der Waals surface area contributed by atoms with E-state index in [4.69, 9.17) is 9.47 Å². The van der Waals surface area contributed by atoms with Crippen molar-refractivity contribution in [2.75, 3.05) is 13.7 Å². The van der Waals surface area contributed by atoms with Crippen molar-refractivity contribution in [1.29, 1.82) is 0 Å². The highest BCUT2D eigenvalue weighted by atomic mass is 16.5. The maximum atomic E-state index is 12.5. The predicted molar refractivity (Wildman–Crippen MR) is 110 cm³/mol. The van der Waals surface area contributed by atoms with E-state index in [1.807, 2.05) is 0 Å². The lowest BCUT2D eigenvalue weighted by Gasteiger charge is -2.23. The van der Waals surface area contributed by atoms with Crippen molar-refractivity contribution in [1.82, 2.24) is 5.32 Å². The molecule has 5 heteroatoms. The average Bonchev–Trinajstić information content (AvgIpc) is 2.70. The molecule has 0 saturated heterocycles. The second-order valence-corrected chi connectivity index (χ2v) is 7.09. The van der Waals surface area contributed by atoms with E-state index in [-0.39, 0.29) is 30.3 Å². The van der Waals surface area contributed by atoms with Gasteiger partial charge in [0, 0.05) is 5.56 Å². The molecule has 0 saturated carbocycles. The molecule has 0 bridgehead atoms. The molecule has 5 nitrogen and oxygen atoms in total. The lowest BCUT2D eigenvalue weighted by atomic mass is 9.95. The van der Waals surface area contributed by atoms with Gasteiger partial charge in [0.1, 0.15) is 0 Å². The standard InChI is InChI=1S/C23H29NO4/c1-6-17-7-9-18(10-8-17)23(15(2)3)24-22(26)14-28-20-12-11-19(16(4)25)13-21(20)27-5/h7-13,15,23H,6,14H2,1-5H3,(H,24,26)/t23-/m1/s1. The van der Waals surface area contributed by atoms with Gasteiger partial charge in [-0.05, 0) is 48.6 Å². The molecule has 28 heavy (non-hydrogen) atoms. The van der Waals surface area contributed by atoms with Crippen LogP contribution in [0.4, 0.5) is 0 Å². The summed E-state index contributed by atoms with van der Waals surface area (Å²) in [5.74, 6) is 0.820. The second-order valence-electron chi connectivity index (χ2n) is 7.09. The summed E-state index contributed by atoms with van der Waals surface area (Å²) in [6, 6.07) is 13.1. The Labute approximate surface area is 167 Å². The Balaban J connectivity index is 2.04. The van der Waals surface area contributed by atoms with E-state index in [1.165, 1.54) is 19.6 Å². The number of carbonyl (C=O) groups is 2. The summed E-state index contributed by atoms with van der Waals surface area (Å²) in [4.78, 5) is 24.0. The molecule has 0 fully saturated rings. The number of carbonyl (C=O) groups excluding carboxylic acids is 2. The number of nitrogens with one attached hydrogen (secondary N) is 1. The first-order valence-electron chi connectivity index (χ1n) is 9.55. The smallest absolute Gasteiger partial charge is 0.258 e. The summed E-state index contributed by atoms with van der Waals surface area (Å²) in [5, 5.41) is 3.05. The van der Waals surface area contributed by atoms with Crippen LogP contribution in [0.25, 0.3) is 0 Å². The molecule has 1 N–H and O–H groups in total. The zero-order valence-electron chi connectivity index (χ0n) is 17.2. The molecule has 0 aromatic heterocycles. The van der Waals surface area contributed by atoms with Crippen LogP contribution in [0.3, 0.4) is 0 Å². The molecule has 0 spiro atoms. The molecule has 2 aromatic rings. The number of rotatable bonds is 9. The van der Waals surface area contributed by atoms with Crippen molar-refractivity contribution in [3.8, 4) is 11.5 Å². The van der Waals surface area contributed by atoms with Gasteiger partial charge in [0.25, 0.3) is 5.91 Å². The Morgan fingerprint density at radius 2 is 1.71 bits per heavy atom. The lowest BCUT2D eigenvalue weighted by Crippen LogP contribution is -2.35. The summed E-state index contributed by atoms with van der Waals surface area (Å²) >= 11 is 0. The summed E-state index contributed by atoms with van der Waals surface area (Å²) in [5.41, 5.74) is 2.87. The molecule has 0 aliphatic rings. The third-order valence-corrected chi connectivity index (χ3v) is 4.66. The Morgan fingerprint density at radius 3 is 2.25 bits per heavy atom. The number of ether oxygens (including phenoxy) is 2. The number of hydrogen-bond donors (Lipinski definition) is 1. The molecule has 150 valence electrons. The molecule has 2 rings (SSSR count). The maximum absolute atomic E-state index is 12.5. The number of benzene rings is 2. The van der Waals surface area contributed by atoms with Crippen LogP contribution < -0.4 is 14.8 Å². The quantitative estimate of drug-likeness (QED) is 0.654. The van der Waals surface area contributed by atoms with Crippen LogP contribution in [0.5, 0.6) is 11.5 Å². The van der Waals surface area contributed by atoms with Crippen LogP contribution in [-0.2, 0) is 11.2 Å². The summed E-state index contributed by atoms with van der Waals surface area (Å²) in [6.07, 6.45) is 0.983. The second kappa shape index (κ2) is 9.93. The minimum absolute atomic E-state index is 0.0588. The molecule has 0 radical (unpaired) electrons. The number of hydrogen-bond acceptors (Lipinski definition) is 4. The fraction of sp³-hybridized carbons (Fsp3) is 0.391. The minimum atomic E-state index is -0.212. The van der Waals surface area contributed by atoms with Gasteiger partial charge < -0.3 is 14.8 Å². The van der Waals surface area contributed by atoms with Crippen molar-refractivity contribution in [2.24, 2.45) is 5.92 Å². The van der Waals surface area contributed by atoms with Gasteiger partial charge in [-0.3, -0.25) is 9.59 Å². The molecule has 1 amide bonds. The highest BCUT2D eigenvalue weighted by Crippen LogP contribution is 2.28. The molecular formula is C23H29NO4. The van der Waals surface area contributed by atoms with Crippen LogP contribution >= 0.6 is 0 Å². The minimum Gasteiger partial charge on any atom is -0.493 e. The van der Waals surface area contributed by atoms with Gasteiger partial charge in [-0.1, -0.05) is 45.0 Å². The molecule has 2 aromatic carbocycles. The number of Topliss-reactive ketones (excluding diaryl/α,β-unsaturated/α-hetero) is 1. The first-order valence-corrected chi connectivity index (χ1v) is 9.55. The predicted octanol–water partition coefficient (Wildman–Crippen LogP) is 4.35. The van der Waals surface area contributed by atoms with Crippen molar-refractivity contribution >= 4 is 11.7 Å². The van der Waals surface area contributed by atoms with Gasteiger partial charge >= 0.3 is 0 Å². The van der Waals surface area contributed by atoms with Crippen molar-refractivity contribution in [3.63, 3.8) is 0 Å². The van der Waals surface area contributed by atoms with Crippen molar-refractivity contribution < 1.29 is 19.1 Å². The van der Waals surface area contributed by atoms with E-state index in [2.05, 4.69) is 50.4 Å². The Bertz CT molecular complexity index is 812. The highest BCUT2D eigenvalue weighted by Gasteiger charge is 2.19. The number of methoxy groups -OCH3 is 1. The summed E-state index contributed by atoms with van der Waals surface area (Å²) in [7, 11) is 1.50. The molecule has 1 atom stereocenters. The van der Waals surface area contributed by atoms with Gasteiger partial charge in [-0.15, -0.1) is 0 Å². The zero-order chi connectivity index (χ0) is 20.7. The lowest BCUT2D eigenvalue weighted by molar-refractivity contribution is -0.124. The summed E-state index contributed by atoms with van der Waals surface area (Å²) in [6.45, 7) is 7.62. The van der Waals surface area contributed by atoms with Crippen LogP contribution in [0, 0.1) is 5.92 Å². The molecule has 0 unspecified atom stereocenters. The fourth-order valence-corrected chi connectivity index (χ4v) is 2.96. The topological polar surface area (TPSA) is 64.6 Å². The monoisotopic (exact) mass is 383 g/mol. The SMILES string of the molecule is CCc1ccc([C@H](NC(=O)COc2ccc(C(C)=O)cc2OC)C(C)C)cc1. The molecule has 0 aliphatic heterocycles. The van der Waals surface area contributed by atoms with E-state index in [0.29, 0.717) is 17.1 Å². The Kier molecular flexibility index (Phi) is 7.61. The van der Waals surface area contributed by atoms with Gasteiger partial charge in [-0.2, -0.15) is 0 Å². The Morgan fingerprint density at radius 1 is 1.04 bits per heavy atom. The first kappa shape index (κ1) is 21.5. The number of aryl methyl sites for hydroxylation is 1. The van der Waals surface area contributed by atoms with Crippen LogP contribution in [-0.4, -0.2) is 25.4 Å². The average molecular weight is 383 g/mol. The maximum Gasteiger partial charge on any atom is 0.258 e. The largest absolute Gasteiger partial charge is 0.493 e. The van der Waals surface area contributed by atoms with Crippen molar-refractivity contribution in [2.45, 2.75) is 40.2 Å². The Hall–Kier alpha value is -2.82. The first-order chi connectivity index (χ1) is 13.3. The van der Waals surface area contributed by atoms with Crippen LogP contribution in [0.15, 0.2) is 42.5 Å². The molecule has 0 heterocycles. The van der Waals surface area contributed by atoms with E-state index < -0.39 is 0 Å². The fourth-order valence-electron chi connectivity index (χ4n) is 2.96. The van der Waals surface area contributed by atoms with E-state index in [1.54, 1.807) is 18.2 Å². The van der Waals surface area contributed by atoms with E-state index >= 15 is 0 Å². The van der Waals surface area contributed by atoms with Gasteiger partial charge in [-0.25, -0.2) is 0 Å². The highest BCUT2D eigenvalue weighted by molar-refractivity contribution is 5.94. The summed E-state index contributed by atoms with van der Waals surface area (Å²) < 4.78 is 10.9. The van der Waals surface area contributed by atoms with Gasteiger partial charge in [0.15, 0.2) is 23.9 Å².